The van der Waals surface area contributed by atoms with E-state index in [-0.39, 0.29) is 23.5 Å². The van der Waals surface area contributed by atoms with Crippen LogP contribution in [-0.2, 0) is 9.47 Å². The van der Waals surface area contributed by atoms with Gasteiger partial charge in [0.25, 0.3) is 0 Å². The molecule has 5 nitrogen and oxygen atoms in total. The van der Waals surface area contributed by atoms with Crippen molar-refractivity contribution < 1.29 is 18.7 Å². The van der Waals surface area contributed by atoms with Gasteiger partial charge < -0.3 is 20.1 Å². The lowest BCUT2D eigenvalue weighted by Crippen LogP contribution is -2.49. The van der Waals surface area contributed by atoms with Crippen LogP contribution in [0.25, 0.3) is 0 Å². The predicted octanol–water partition coefficient (Wildman–Crippen LogP) is 3.16. The summed E-state index contributed by atoms with van der Waals surface area (Å²) in [6.45, 7) is 1.96. The number of halogens is 1. The molecule has 130 valence electrons. The number of ether oxygens (including phenoxy) is 2. The van der Waals surface area contributed by atoms with Gasteiger partial charge in [0.1, 0.15) is 5.82 Å². The van der Waals surface area contributed by atoms with Crippen LogP contribution < -0.4 is 10.6 Å². The number of benzene rings is 1. The molecule has 0 bridgehead atoms. The number of carbonyl (C=O) groups excluding carboxylic acids is 1. The summed E-state index contributed by atoms with van der Waals surface area (Å²) in [6, 6.07) is 4.62. The average Bonchev–Trinajstić information content (AvgIpc) is 3.31. The molecule has 6 heteroatoms. The molecule has 24 heavy (non-hydrogen) atoms. The van der Waals surface area contributed by atoms with Crippen molar-refractivity contribution in [1.29, 1.82) is 0 Å². The van der Waals surface area contributed by atoms with E-state index in [1.807, 2.05) is 0 Å². The molecule has 4 rings (SSSR count). The Morgan fingerprint density at radius 1 is 1.25 bits per heavy atom. The third-order valence-corrected chi connectivity index (χ3v) is 5.17. The Hall–Kier alpha value is -1.66. The Balaban J connectivity index is 1.35. The molecule has 2 amide bonds. The van der Waals surface area contributed by atoms with E-state index in [1.54, 1.807) is 12.1 Å². The van der Waals surface area contributed by atoms with E-state index in [2.05, 4.69) is 10.6 Å². The number of nitrogens with one attached hydrogen (secondary N) is 2. The number of hydrogen-bond acceptors (Lipinski definition) is 3. The molecule has 1 spiro atoms. The molecule has 2 aliphatic heterocycles. The van der Waals surface area contributed by atoms with E-state index < -0.39 is 0 Å². The summed E-state index contributed by atoms with van der Waals surface area (Å²) in [5.74, 6) is 0.128. The molecule has 1 aromatic carbocycles. The molecule has 1 saturated carbocycles. The summed E-state index contributed by atoms with van der Waals surface area (Å²) in [5.41, 5.74) is 1.12. The second-order valence-electron chi connectivity index (χ2n) is 7.13. The maximum Gasteiger partial charge on any atom is 0.319 e. The standard InChI is InChI=1S/C18H23FN2O3/c19-16-4-3-13(9-15(16)12-1-2-12)20-17(22)21-14-5-7-24-18(10-14)6-8-23-11-18/h3-4,9,12,14H,1-2,5-8,10-11H2,(H2,20,21,22)/t14-,18-/m1/s1. The lowest BCUT2D eigenvalue weighted by Gasteiger charge is -2.37. The summed E-state index contributed by atoms with van der Waals surface area (Å²) in [7, 11) is 0. The highest BCUT2D eigenvalue weighted by atomic mass is 19.1. The molecule has 0 radical (unpaired) electrons. The fourth-order valence-corrected chi connectivity index (χ4v) is 3.70. The molecular formula is C18H23FN2O3. The van der Waals surface area contributed by atoms with E-state index in [0.717, 1.165) is 38.7 Å². The summed E-state index contributed by atoms with van der Waals surface area (Å²) >= 11 is 0. The van der Waals surface area contributed by atoms with Crippen molar-refractivity contribution in [2.75, 3.05) is 25.1 Å². The van der Waals surface area contributed by atoms with Crippen molar-refractivity contribution >= 4 is 11.7 Å². The average molecular weight is 334 g/mol. The fourth-order valence-electron chi connectivity index (χ4n) is 3.70. The van der Waals surface area contributed by atoms with E-state index in [9.17, 15) is 9.18 Å². The molecule has 0 aromatic heterocycles. The van der Waals surface area contributed by atoms with Gasteiger partial charge in [-0.3, -0.25) is 0 Å². The van der Waals surface area contributed by atoms with Crippen LogP contribution in [0.15, 0.2) is 18.2 Å². The first-order valence-electron chi connectivity index (χ1n) is 8.72. The van der Waals surface area contributed by atoms with Crippen LogP contribution in [0, 0.1) is 5.82 Å². The monoisotopic (exact) mass is 334 g/mol. The molecule has 3 fully saturated rings. The number of rotatable bonds is 3. The summed E-state index contributed by atoms with van der Waals surface area (Å²) in [4.78, 5) is 12.3. The zero-order valence-electron chi connectivity index (χ0n) is 13.6. The highest BCUT2D eigenvalue weighted by Crippen LogP contribution is 2.42. The molecule has 2 N–H and O–H groups in total. The number of carbonyl (C=O) groups is 1. The Kier molecular flexibility index (Phi) is 4.18. The molecule has 2 heterocycles. The predicted molar refractivity (Wildman–Crippen MR) is 87.7 cm³/mol. The van der Waals surface area contributed by atoms with Crippen LogP contribution in [0.4, 0.5) is 14.9 Å². The molecule has 0 unspecified atom stereocenters. The minimum absolute atomic E-state index is 0.0730. The first kappa shape index (κ1) is 15.8. The van der Waals surface area contributed by atoms with Gasteiger partial charge in [0.15, 0.2) is 0 Å². The van der Waals surface area contributed by atoms with E-state index in [0.29, 0.717) is 30.4 Å². The zero-order valence-corrected chi connectivity index (χ0v) is 13.6. The van der Waals surface area contributed by atoms with Crippen molar-refractivity contribution in [3.05, 3.63) is 29.6 Å². The fraction of sp³-hybridized carbons (Fsp3) is 0.611. The SMILES string of the molecule is O=C(Nc1ccc(F)c(C2CC2)c1)N[C@@H]1CCO[C@]2(CCOC2)C1. The number of urea groups is 1. The molecule has 2 atom stereocenters. The second-order valence-corrected chi connectivity index (χ2v) is 7.13. The second kappa shape index (κ2) is 6.33. The summed E-state index contributed by atoms with van der Waals surface area (Å²) in [6.07, 6.45) is 4.51. The third-order valence-electron chi connectivity index (χ3n) is 5.17. The Bertz CT molecular complexity index is 627. The van der Waals surface area contributed by atoms with Crippen LogP contribution in [0.2, 0.25) is 0 Å². The van der Waals surface area contributed by atoms with Crippen molar-refractivity contribution in [1.82, 2.24) is 5.32 Å². The largest absolute Gasteiger partial charge is 0.378 e. The highest BCUT2D eigenvalue weighted by Gasteiger charge is 2.41. The smallest absolute Gasteiger partial charge is 0.319 e. The molecule has 2 saturated heterocycles. The van der Waals surface area contributed by atoms with Crippen molar-refractivity contribution in [3.63, 3.8) is 0 Å². The first-order chi connectivity index (χ1) is 11.6. The molecule has 3 aliphatic rings. The zero-order chi connectivity index (χ0) is 16.6. The Morgan fingerprint density at radius 2 is 2.12 bits per heavy atom. The topological polar surface area (TPSA) is 59.6 Å². The number of amides is 2. The Labute approximate surface area is 140 Å². The van der Waals surface area contributed by atoms with E-state index in [1.165, 1.54) is 6.07 Å². The highest BCUT2D eigenvalue weighted by molar-refractivity contribution is 5.89. The normalized spacial score (nSPS) is 29.6. The van der Waals surface area contributed by atoms with Gasteiger partial charge in [-0.25, -0.2) is 9.18 Å². The summed E-state index contributed by atoms with van der Waals surface area (Å²) in [5, 5.41) is 5.85. The number of hydrogen-bond donors (Lipinski definition) is 2. The van der Waals surface area contributed by atoms with Crippen molar-refractivity contribution in [3.8, 4) is 0 Å². The van der Waals surface area contributed by atoms with Crippen LogP contribution >= 0.6 is 0 Å². The van der Waals surface area contributed by atoms with Gasteiger partial charge >= 0.3 is 6.03 Å². The van der Waals surface area contributed by atoms with Crippen LogP contribution in [0.3, 0.4) is 0 Å². The first-order valence-corrected chi connectivity index (χ1v) is 8.72. The minimum Gasteiger partial charge on any atom is -0.378 e. The van der Waals surface area contributed by atoms with Crippen LogP contribution in [0.5, 0.6) is 0 Å². The van der Waals surface area contributed by atoms with Gasteiger partial charge in [-0.1, -0.05) is 0 Å². The summed E-state index contributed by atoms with van der Waals surface area (Å²) < 4.78 is 25.1. The lowest BCUT2D eigenvalue weighted by atomic mass is 9.90. The van der Waals surface area contributed by atoms with Gasteiger partial charge in [-0.05, 0) is 55.4 Å². The van der Waals surface area contributed by atoms with Gasteiger partial charge in [-0.2, -0.15) is 0 Å². The molecular weight excluding hydrogens is 311 g/mol. The van der Waals surface area contributed by atoms with Gasteiger partial charge in [0, 0.05) is 31.4 Å². The maximum absolute atomic E-state index is 13.8. The van der Waals surface area contributed by atoms with Gasteiger partial charge in [0.2, 0.25) is 0 Å². The van der Waals surface area contributed by atoms with E-state index in [4.69, 9.17) is 9.47 Å². The van der Waals surface area contributed by atoms with Crippen LogP contribution in [-0.4, -0.2) is 37.5 Å². The maximum atomic E-state index is 13.8. The van der Waals surface area contributed by atoms with Crippen LogP contribution in [0.1, 0.15) is 43.6 Å². The van der Waals surface area contributed by atoms with Crippen molar-refractivity contribution in [2.45, 2.75) is 49.7 Å². The number of anilines is 1. The van der Waals surface area contributed by atoms with E-state index >= 15 is 0 Å². The van der Waals surface area contributed by atoms with Gasteiger partial charge in [-0.15, -0.1) is 0 Å². The Morgan fingerprint density at radius 3 is 2.88 bits per heavy atom. The molecule has 1 aliphatic carbocycles. The third kappa shape index (κ3) is 3.39. The van der Waals surface area contributed by atoms with Gasteiger partial charge in [0.05, 0.1) is 12.2 Å². The van der Waals surface area contributed by atoms with Crippen molar-refractivity contribution in [2.24, 2.45) is 0 Å². The quantitative estimate of drug-likeness (QED) is 0.893. The molecule has 1 aromatic rings. The lowest BCUT2D eigenvalue weighted by molar-refractivity contribution is -0.0877. The minimum atomic E-state index is -0.246.